The van der Waals surface area contributed by atoms with Gasteiger partial charge in [0.25, 0.3) is 5.69 Å². The summed E-state index contributed by atoms with van der Waals surface area (Å²) in [4.78, 5) is 15.7. The van der Waals surface area contributed by atoms with Crippen LogP contribution in [0.25, 0.3) is 0 Å². The topological polar surface area (TPSA) is 83.2 Å². The minimum atomic E-state index is -0.425. The van der Waals surface area contributed by atoms with Gasteiger partial charge in [0.15, 0.2) is 11.5 Å². The molecule has 1 aliphatic carbocycles. The first kappa shape index (κ1) is 17.7. The number of benzene rings is 2. The van der Waals surface area contributed by atoms with E-state index in [1.807, 2.05) is 12.1 Å². The number of hydrogen-bond donors (Lipinski definition) is 0. The lowest BCUT2D eigenvalue weighted by Crippen LogP contribution is -2.13. The molecule has 0 amide bonds. The average molecular weight is 356 g/mol. The summed E-state index contributed by atoms with van der Waals surface area (Å²) in [6.07, 6.45) is 2.77. The average Bonchev–Trinajstić information content (AvgIpc) is 2.67. The maximum atomic E-state index is 10.7. The number of aryl methyl sites for hydroxylation is 1. The van der Waals surface area contributed by atoms with Crippen molar-refractivity contribution in [3.8, 4) is 11.5 Å². The first-order valence-electron chi connectivity index (χ1n) is 8.30. The molecule has 0 saturated heterocycles. The predicted molar refractivity (Wildman–Crippen MR) is 96.9 cm³/mol. The van der Waals surface area contributed by atoms with Gasteiger partial charge in [-0.15, -0.1) is 0 Å². The Morgan fingerprint density at radius 1 is 1.08 bits per heavy atom. The number of non-ortho nitro benzene ring substituents is 1. The summed E-state index contributed by atoms with van der Waals surface area (Å²) < 4.78 is 10.7. The molecule has 0 heterocycles. The first-order valence-corrected chi connectivity index (χ1v) is 8.30. The van der Waals surface area contributed by atoms with Crippen molar-refractivity contribution in [2.75, 3.05) is 14.2 Å². The maximum absolute atomic E-state index is 10.7. The zero-order valence-electron chi connectivity index (χ0n) is 14.7. The lowest BCUT2D eigenvalue weighted by molar-refractivity contribution is -0.384. The predicted octanol–water partition coefficient (Wildman–Crippen LogP) is 3.87. The van der Waals surface area contributed by atoms with Crippen LogP contribution in [0.1, 0.15) is 29.5 Å². The molecular weight excluding hydrogens is 336 g/mol. The van der Waals surface area contributed by atoms with E-state index >= 15 is 0 Å². The smallest absolute Gasteiger partial charge is 0.269 e. The lowest BCUT2D eigenvalue weighted by Gasteiger charge is -2.20. The number of ether oxygens (including phenoxy) is 2. The Hall–Kier alpha value is -3.09. The summed E-state index contributed by atoms with van der Waals surface area (Å²) in [5, 5.41) is 15.0. The highest BCUT2D eigenvalue weighted by molar-refractivity contribution is 6.03. The van der Waals surface area contributed by atoms with Gasteiger partial charge in [0, 0.05) is 17.7 Å². The molecule has 0 bridgehead atoms. The second kappa shape index (κ2) is 7.86. The highest BCUT2D eigenvalue weighted by atomic mass is 16.6. The van der Waals surface area contributed by atoms with Gasteiger partial charge in [-0.2, -0.15) is 0 Å². The van der Waals surface area contributed by atoms with Crippen LogP contribution in [0.15, 0.2) is 41.6 Å². The minimum Gasteiger partial charge on any atom is -0.493 e. The lowest BCUT2D eigenvalue weighted by atomic mass is 9.89. The molecule has 2 aromatic rings. The fraction of sp³-hybridized carbons (Fsp3) is 0.316. The Balaban J connectivity index is 1.75. The molecule has 0 aromatic heterocycles. The molecule has 0 aliphatic heterocycles. The van der Waals surface area contributed by atoms with E-state index in [4.69, 9.17) is 14.3 Å². The Morgan fingerprint density at radius 3 is 2.42 bits per heavy atom. The molecule has 136 valence electrons. The number of rotatable bonds is 6. The van der Waals surface area contributed by atoms with Gasteiger partial charge < -0.3 is 14.3 Å². The van der Waals surface area contributed by atoms with E-state index in [-0.39, 0.29) is 12.3 Å². The van der Waals surface area contributed by atoms with Crippen molar-refractivity contribution in [2.24, 2.45) is 5.16 Å². The molecule has 26 heavy (non-hydrogen) atoms. The van der Waals surface area contributed by atoms with Gasteiger partial charge in [-0.1, -0.05) is 5.16 Å². The van der Waals surface area contributed by atoms with Gasteiger partial charge in [-0.05, 0) is 54.7 Å². The minimum absolute atomic E-state index is 0.0577. The summed E-state index contributed by atoms with van der Waals surface area (Å²) in [6, 6.07) is 10.2. The molecule has 2 aromatic carbocycles. The number of nitro groups is 1. The van der Waals surface area contributed by atoms with Crippen molar-refractivity contribution in [1.82, 2.24) is 0 Å². The number of oxime groups is 1. The fourth-order valence-corrected chi connectivity index (χ4v) is 2.97. The largest absolute Gasteiger partial charge is 0.493 e. The highest BCUT2D eigenvalue weighted by Crippen LogP contribution is 2.34. The molecule has 7 heteroatoms. The number of methoxy groups -OCH3 is 2. The fourth-order valence-electron chi connectivity index (χ4n) is 2.97. The Bertz CT molecular complexity index is 831. The molecule has 0 spiro atoms. The third-order valence-electron chi connectivity index (χ3n) is 4.33. The van der Waals surface area contributed by atoms with Crippen molar-refractivity contribution in [3.05, 3.63) is 63.2 Å². The van der Waals surface area contributed by atoms with Gasteiger partial charge >= 0.3 is 0 Å². The van der Waals surface area contributed by atoms with Crippen LogP contribution in [-0.2, 0) is 17.9 Å². The van der Waals surface area contributed by atoms with E-state index in [1.165, 1.54) is 12.1 Å². The second-order valence-electron chi connectivity index (χ2n) is 5.95. The van der Waals surface area contributed by atoms with Crippen LogP contribution >= 0.6 is 0 Å². The molecule has 7 nitrogen and oxygen atoms in total. The van der Waals surface area contributed by atoms with E-state index in [1.54, 1.807) is 26.4 Å². The molecular formula is C19H20N2O5. The van der Waals surface area contributed by atoms with Gasteiger partial charge in [0.1, 0.15) is 6.61 Å². The zero-order chi connectivity index (χ0) is 18.5. The Labute approximate surface area is 151 Å². The summed E-state index contributed by atoms with van der Waals surface area (Å²) in [5.41, 5.74) is 3.92. The van der Waals surface area contributed by atoms with Gasteiger partial charge in [0.05, 0.1) is 24.9 Å². The molecule has 0 atom stereocenters. The van der Waals surface area contributed by atoms with Crippen molar-refractivity contribution in [3.63, 3.8) is 0 Å². The van der Waals surface area contributed by atoms with Crippen LogP contribution in [0.5, 0.6) is 11.5 Å². The molecule has 1 aliphatic rings. The number of hydrogen-bond acceptors (Lipinski definition) is 6. The van der Waals surface area contributed by atoms with Crippen LogP contribution < -0.4 is 9.47 Å². The van der Waals surface area contributed by atoms with Crippen LogP contribution in [0, 0.1) is 10.1 Å². The summed E-state index contributed by atoms with van der Waals surface area (Å²) in [5.74, 6) is 1.37. The number of nitro benzene ring substituents is 1. The molecule has 0 radical (unpaired) electrons. The van der Waals surface area contributed by atoms with E-state index in [2.05, 4.69) is 5.16 Å². The molecule has 0 unspecified atom stereocenters. The number of nitrogens with zero attached hydrogens (tertiary/aromatic N) is 2. The SMILES string of the molecule is COc1cc2c(cc1OC)/C(=N/OCc1ccc([N+](=O)[O-])cc1)CCC2. The third-order valence-corrected chi connectivity index (χ3v) is 4.33. The van der Waals surface area contributed by atoms with Crippen molar-refractivity contribution >= 4 is 11.4 Å². The van der Waals surface area contributed by atoms with Crippen LogP contribution in [0.4, 0.5) is 5.69 Å². The summed E-state index contributed by atoms with van der Waals surface area (Å²) in [7, 11) is 3.23. The van der Waals surface area contributed by atoms with E-state index in [9.17, 15) is 10.1 Å². The van der Waals surface area contributed by atoms with Gasteiger partial charge in [-0.25, -0.2) is 0 Å². The normalized spacial score (nSPS) is 14.6. The standard InChI is InChI=1S/C19H20N2O5/c1-24-18-10-14-4-3-5-17(16(14)11-19(18)25-2)20-26-12-13-6-8-15(9-7-13)21(22)23/h6-11H,3-5,12H2,1-2H3/b20-17+. The quantitative estimate of drug-likeness (QED) is 0.579. The molecule has 0 N–H and O–H groups in total. The molecule has 0 saturated carbocycles. The van der Waals surface area contributed by atoms with Gasteiger partial charge in [0.2, 0.25) is 0 Å². The monoisotopic (exact) mass is 356 g/mol. The second-order valence-corrected chi connectivity index (χ2v) is 5.95. The Morgan fingerprint density at radius 2 is 1.77 bits per heavy atom. The van der Waals surface area contributed by atoms with Crippen molar-refractivity contribution < 1.29 is 19.2 Å². The maximum Gasteiger partial charge on any atom is 0.269 e. The van der Waals surface area contributed by atoms with E-state index in [0.29, 0.717) is 11.5 Å². The van der Waals surface area contributed by atoms with Crippen molar-refractivity contribution in [2.45, 2.75) is 25.9 Å². The molecule has 0 fully saturated rings. The van der Waals surface area contributed by atoms with Gasteiger partial charge in [-0.3, -0.25) is 10.1 Å². The zero-order valence-corrected chi connectivity index (χ0v) is 14.7. The Kier molecular flexibility index (Phi) is 5.36. The number of fused-ring (bicyclic) bond motifs is 1. The summed E-state index contributed by atoms with van der Waals surface area (Å²) in [6.45, 7) is 0.254. The van der Waals surface area contributed by atoms with Crippen LogP contribution in [0.3, 0.4) is 0 Å². The summed E-state index contributed by atoms with van der Waals surface area (Å²) >= 11 is 0. The van der Waals surface area contributed by atoms with Crippen LogP contribution in [-0.4, -0.2) is 24.9 Å². The van der Waals surface area contributed by atoms with E-state index in [0.717, 1.165) is 41.7 Å². The first-order chi connectivity index (χ1) is 12.6. The third kappa shape index (κ3) is 3.77. The molecule has 3 rings (SSSR count). The highest BCUT2D eigenvalue weighted by Gasteiger charge is 2.20. The van der Waals surface area contributed by atoms with Crippen molar-refractivity contribution in [1.29, 1.82) is 0 Å². The van der Waals surface area contributed by atoms with E-state index < -0.39 is 4.92 Å². The van der Waals surface area contributed by atoms with Crippen LogP contribution in [0.2, 0.25) is 0 Å².